The second-order valence-electron chi connectivity index (χ2n) is 6.70. The van der Waals surface area contributed by atoms with Crippen molar-refractivity contribution in [1.82, 2.24) is 0 Å². The lowest BCUT2D eigenvalue weighted by molar-refractivity contribution is -0.116. The fourth-order valence-corrected chi connectivity index (χ4v) is 3.89. The average Bonchev–Trinajstić information content (AvgIpc) is 2.75. The molecule has 154 valence electrons. The van der Waals surface area contributed by atoms with E-state index < -0.39 is 11.1 Å². The first-order valence-electron chi connectivity index (χ1n) is 9.73. The second kappa shape index (κ2) is 10.6. The van der Waals surface area contributed by atoms with Gasteiger partial charge in [-0.25, -0.2) is 4.39 Å². The first-order valence-corrected chi connectivity index (χ1v) is 10.6. The van der Waals surface area contributed by atoms with Gasteiger partial charge < -0.3 is 10.6 Å². The fraction of sp³-hybridized carbons (Fsp3) is 0.167. The van der Waals surface area contributed by atoms with Crippen molar-refractivity contribution in [3.05, 3.63) is 90.2 Å². The molecular formula is C24H23FN2O2S. The Balaban J connectivity index is 1.77. The summed E-state index contributed by atoms with van der Waals surface area (Å²) in [5.74, 6) is -0.809. The highest BCUT2D eigenvalue weighted by Gasteiger charge is 2.23. The molecule has 0 radical (unpaired) electrons. The molecule has 30 heavy (non-hydrogen) atoms. The molecule has 0 fully saturated rings. The predicted octanol–water partition coefficient (Wildman–Crippen LogP) is 6.04. The van der Waals surface area contributed by atoms with Crippen LogP contribution in [0.3, 0.4) is 0 Å². The number of amides is 2. The van der Waals surface area contributed by atoms with E-state index in [1.54, 1.807) is 12.1 Å². The van der Waals surface area contributed by atoms with E-state index >= 15 is 0 Å². The van der Waals surface area contributed by atoms with Crippen LogP contribution in [-0.2, 0) is 9.59 Å². The Bertz CT molecular complexity index is 994. The Morgan fingerprint density at radius 2 is 1.57 bits per heavy atom. The monoisotopic (exact) mass is 422 g/mol. The summed E-state index contributed by atoms with van der Waals surface area (Å²) < 4.78 is 14.0. The Hall–Kier alpha value is -3.12. The summed E-state index contributed by atoms with van der Waals surface area (Å²) in [6.45, 7) is 1.95. The van der Waals surface area contributed by atoms with Gasteiger partial charge in [0, 0.05) is 17.0 Å². The van der Waals surface area contributed by atoms with Gasteiger partial charge in [-0.05, 0) is 48.4 Å². The zero-order valence-corrected chi connectivity index (χ0v) is 17.4. The Morgan fingerprint density at radius 1 is 0.900 bits per heavy atom. The van der Waals surface area contributed by atoms with Gasteiger partial charge >= 0.3 is 0 Å². The third-order valence-electron chi connectivity index (χ3n) is 4.34. The lowest BCUT2D eigenvalue weighted by Gasteiger charge is -2.17. The molecule has 4 nitrogen and oxygen atoms in total. The van der Waals surface area contributed by atoms with Crippen LogP contribution in [0.15, 0.2) is 83.8 Å². The maximum absolute atomic E-state index is 14.0. The molecule has 0 saturated carbocycles. The number of hydrogen-bond acceptors (Lipinski definition) is 3. The van der Waals surface area contributed by atoms with Crippen molar-refractivity contribution in [2.24, 2.45) is 0 Å². The van der Waals surface area contributed by atoms with Gasteiger partial charge in [0.05, 0.1) is 5.69 Å². The smallest absolute Gasteiger partial charge is 0.242 e. The molecule has 6 heteroatoms. The van der Waals surface area contributed by atoms with Crippen LogP contribution >= 0.6 is 11.8 Å². The van der Waals surface area contributed by atoms with E-state index in [1.165, 1.54) is 23.9 Å². The fourth-order valence-electron chi connectivity index (χ4n) is 2.87. The highest BCUT2D eigenvalue weighted by atomic mass is 32.2. The molecule has 2 amide bonds. The van der Waals surface area contributed by atoms with E-state index in [2.05, 4.69) is 10.6 Å². The van der Waals surface area contributed by atoms with E-state index in [1.807, 2.05) is 61.5 Å². The number of nitrogens with one attached hydrogen (secondary N) is 2. The Kier molecular flexibility index (Phi) is 7.63. The van der Waals surface area contributed by atoms with Gasteiger partial charge in [-0.3, -0.25) is 9.59 Å². The van der Waals surface area contributed by atoms with Gasteiger partial charge in [0.15, 0.2) is 0 Å². The number of hydrogen-bond donors (Lipinski definition) is 2. The van der Waals surface area contributed by atoms with Crippen LogP contribution in [0.25, 0.3) is 0 Å². The lowest BCUT2D eigenvalue weighted by Crippen LogP contribution is -2.19. The quantitative estimate of drug-likeness (QED) is 0.435. The van der Waals surface area contributed by atoms with Crippen molar-refractivity contribution in [2.75, 3.05) is 10.6 Å². The highest BCUT2D eigenvalue weighted by Crippen LogP contribution is 2.36. The molecule has 3 aromatic carbocycles. The first kappa shape index (κ1) is 21.6. The third kappa shape index (κ3) is 5.94. The van der Waals surface area contributed by atoms with Gasteiger partial charge in [0.2, 0.25) is 11.8 Å². The number of rotatable bonds is 8. The highest BCUT2D eigenvalue weighted by molar-refractivity contribution is 8.00. The maximum atomic E-state index is 14.0. The van der Waals surface area contributed by atoms with E-state index in [4.69, 9.17) is 0 Å². The Morgan fingerprint density at radius 3 is 2.23 bits per heavy atom. The number of anilines is 2. The van der Waals surface area contributed by atoms with Crippen molar-refractivity contribution in [2.45, 2.75) is 29.9 Å². The van der Waals surface area contributed by atoms with E-state index in [-0.39, 0.29) is 17.5 Å². The van der Waals surface area contributed by atoms with Gasteiger partial charge in [0.25, 0.3) is 0 Å². The molecule has 0 bridgehead atoms. The minimum Gasteiger partial charge on any atom is -0.326 e. The zero-order chi connectivity index (χ0) is 21.3. The largest absolute Gasteiger partial charge is 0.326 e. The summed E-state index contributed by atoms with van der Waals surface area (Å²) in [6.07, 6.45) is 1.26. The standard InChI is InChI=1S/C24H23FN2O2S/c1-2-8-22(28)26-18-13-15-19(16-14-18)30-23(17-9-4-3-5-10-17)24(29)27-21-12-7-6-11-20(21)25/h3-7,9-16,23H,2,8H2,1H3,(H,26,28)(H,27,29). The molecule has 0 aromatic heterocycles. The van der Waals surface area contributed by atoms with Crippen molar-refractivity contribution >= 4 is 35.0 Å². The molecule has 0 aliphatic carbocycles. The van der Waals surface area contributed by atoms with Crippen LogP contribution in [0.1, 0.15) is 30.6 Å². The lowest BCUT2D eigenvalue weighted by atomic mass is 10.1. The average molecular weight is 423 g/mol. The first-order chi connectivity index (χ1) is 14.6. The van der Waals surface area contributed by atoms with E-state index in [0.29, 0.717) is 12.1 Å². The maximum Gasteiger partial charge on any atom is 0.242 e. The number of thioether (sulfide) groups is 1. The van der Waals surface area contributed by atoms with Crippen LogP contribution in [0.5, 0.6) is 0 Å². The topological polar surface area (TPSA) is 58.2 Å². The van der Waals surface area contributed by atoms with Crippen LogP contribution in [0.4, 0.5) is 15.8 Å². The SMILES string of the molecule is CCCC(=O)Nc1ccc(SC(C(=O)Nc2ccccc2F)c2ccccc2)cc1. The molecule has 0 heterocycles. The molecule has 0 aliphatic rings. The molecule has 2 N–H and O–H groups in total. The molecule has 0 spiro atoms. The molecule has 1 unspecified atom stereocenters. The summed E-state index contributed by atoms with van der Waals surface area (Å²) in [7, 11) is 0. The minimum atomic E-state index is -0.564. The summed E-state index contributed by atoms with van der Waals surface area (Å²) in [6, 6.07) is 22.8. The number of para-hydroxylation sites is 1. The van der Waals surface area contributed by atoms with Crippen LogP contribution in [-0.4, -0.2) is 11.8 Å². The van der Waals surface area contributed by atoms with Crippen molar-refractivity contribution in [3.63, 3.8) is 0 Å². The minimum absolute atomic E-state index is 0.0238. The summed E-state index contributed by atoms with van der Waals surface area (Å²) in [5.41, 5.74) is 1.68. The van der Waals surface area contributed by atoms with Crippen molar-refractivity contribution < 1.29 is 14.0 Å². The molecule has 3 rings (SSSR count). The number of halogens is 1. The van der Waals surface area contributed by atoms with E-state index in [9.17, 15) is 14.0 Å². The molecule has 0 saturated heterocycles. The van der Waals surface area contributed by atoms with Gasteiger partial charge in [0.1, 0.15) is 11.1 Å². The molecule has 3 aromatic rings. The van der Waals surface area contributed by atoms with Crippen molar-refractivity contribution in [1.29, 1.82) is 0 Å². The second-order valence-corrected chi connectivity index (χ2v) is 7.88. The van der Waals surface area contributed by atoms with Crippen molar-refractivity contribution in [3.8, 4) is 0 Å². The van der Waals surface area contributed by atoms with Gasteiger partial charge in [-0.2, -0.15) is 0 Å². The number of benzene rings is 3. The van der Waals surface area contributed by atoms with Crippen LogP contribution in [0.2, 0.25) is 0 Å². The van der Waals surface area contributed by atoms with E-state index in [0.717, 1.165) is 16.9 Å². The van der Waals surface area contributed by atoms with Gasteiger partial charge in [-0.15, -0.1) is 11.8 Å². The predicted molar refractivity (Wildman–Crippen MR) is 120 cm³/mol. The summed E-state index contributed by atoms with van der Waals surface area (Å²) in [4.78, 5) is 25.6. The summed E-state index contributed by atoms with van der Waals surface area (Å²) in [5, 5.41) is 4.97. The zero-order valence-electron chi connectivity index (χ0n) is 16.6. The third-order valence-corrected chi connectivity index (χ3v) is 5.61. The molecule has 0 aliphatic heterocycles. The Labute approximate surface area is 179 Å². The van der Waals surface area contributed by atoms with Crippen LogP contribution < -0.4 is 10.6 Å². The van der Waals surface area contributed by atoms with Gasteiger partial charge in [-0.1, -0.05) is 49.4 Å². The molecular weight excluding hydrogens is 399 g/mol. The normalized spacial score (nSPS) is 11.5. The van der Waals surface area contributed by atoms with Crippen LogP contribution in [0, 0.1) is 5.82 Å². The molecule has 1 atom stereocenters. The number of carbonyl (C=O) groups is 2. The summed E-state index contributed by atoms with van der Waals surface area (Å²) >= 11 is 1.37. The number of carbonyl (C=O) groups excluding carboxylic acids is 2.